The minimum absolute atomic E-state index is 0.129. The largest absolute Gasteiger partial charge is 0.460 e. The molecule has 0 saturated heterocycles. The highest BCUT2D eigenvalue weighted by Gasteiger charge is 2.19. The molecular formula is C34H45N5O4. The second-order valence-corrected chi connectivity index (χ2v) is 12.5. The molecule has 0 fully saturated rings. The van der Waals surface area contributed by atoms with E-state index >= 15 is 0 Å². The number of hydrogen-bond acceptors (Lipinski definition) is 8. The maximum Gasteiger partial charge on any atom is 0.410 e. The molecule has 4 aromatic heterocycles. The van der Waals surface area contributed by atoms with Crippen LogP contribution in [-0.2, 0) is 27.1 Å². The van der Waals surface area contributed by atoms with E-state index in [0.717, 1.165) is 65.6 Å². The average Bonchev–Trinajstić information content (AvgIpc) is 2.93. The first-order chi connectivity index (χ1) is 20.3. The number of esters is 1. The average molecular weight is 588 g/mol. The Labute approximate surface area is 255 Å². The van der Waals surface area contributed by atoms with Crippen molar-refractivity contribution in [2.24, 2.45) is 0 Å². The van der Waals surface area contributed by atoms with Crippen molar-refractivity contribution in [2.45, 2.75) is 91.3 Å². The summed E-state index contributed by atoms with van der Waals surface area (Å²) in [4.78, 5) is 42.6. The van der Waals surface area contributed by atoms with Crippen molar-refractivity contribution >= 4 is 34.1 Å². The molecule has 0 aliphatic carbocycles. The number of ether oxygens (including phenoxy) is 2. The molecule has 0 saturated carbocycles. The van der Waals surface area contributed by atoms with E-state index < -0.39 is 11.2 Å². The molecule has 0 unspecified atom stereocenters. The van der Waals surface area contributed by atoms with Gasteiger partial charge in [0.1, 0.15) is 11.2 Å². The first kappa shape index (κ1) is 33.4. The van der Waals surface area contributed by atoms with Gasteiger partial charge < -0.3 is 14.4 Å². The van der Waals surface area contributed by atoms with Crippen molar-refractivity contribution in [3.8, 4) is 0 Å². The summed E-state index contributed by atoms with van der Waals surface area (Å²) in [5.74, 6) is -0.129. The van der Waals surface area contributed by atoms with Gasteiger partial charge in [0.25, 0.3) is 0 Å². The Bertz CT molecular complexity index is 1490. The highest BCUT2D eigenvalue weighted by Crippen LogP contribution is 2.14. The number of hydrogen-bond donors (Lipinski definition) is 0. The van der Waals surface area contributed by atoms with Crippen LogP contribution in [0.25, 0.3) is 22.1 Å². The van der Waals surface area contributed by atoms with Crippen LogP contribution in [0.5, 0.6) is 0 Å². The third-order valence-corrected chi connectivity index (χ3v) is 6.16. The summed E-state index contributed by atoms with van der Waals surface area (Å²) in [7, 11) is 1.75. The molecule has 9 heteroatoms. The maximum absolute atomic E-state index is 11.9. The number of nitrogens with zero attached hydrogens (tertiary/aromatic N) is 5. The van der Waals surface area contributed by atoms with Crippen molar-refractivity contribution in [1.82, 2.24) is 24.8 Å². The SMILES string of the molecule is CC(C)(C)OC(=O)CCCCc1ccc2cccnc2n1.CN(CCCc1ccc2cccnc2n1)C(=O)OC(C)(C)C. The molecule has 0 bridgehead atoms. The van der Waals surface area contributed by atoms with Crippen LogP contribution in [0.4, 0.5) is 4.79 Å². The van der Waals surface area contributed by atoms with Crippen LogP contribution in [0, 0.1) is 0 Å². The molecule has 0 N–H and O–H groups in total. The molecule has 0 spiro atoms. The van der Waals surface area contributed by atoms with Gasteiger partial charge in [0, 0.05) is 54.6 Å². The number of rotatable bonds is 9. The monoisotopic (exact) mass is 587 g/mol. The highest BCUT2D eigenvalue weighted by atomic mass is 16.6. The Morgan fingerprint density at radius 2 is 1.21 bits per heavy atom. The van der Waals surface area contributed by atoms with Crippen LogP contribution in [0.2, 0.25) is 0 Å². The smallest absolute Gasteiger partial charge is 0.410 e. The van der Waals surface area contributed by atoms with Crippen molar-refractivity contribution in [3.05, 3.63) is 72.3 Å². The number of pyridine rings is 4. The lowest BCUT2D eigenvalue weighted by Crippen LogP contribution is -2.34. The number of fused-ring (bicyclic) bond motifs is 2. The van der Waals surface area contributed by atoms with Gasteiger partial charge in [-0.2, -0.15) is 0 Å². The fourth-order valence-electron chi connectivity index (χ4n) is 4.16. The van der Waals surface area contributed by atoms with Gasteiger partial charge in [0.2, 0.25) is 0 Å². The van der Waals surface area contributed by atoms with E-state index in [0.29, 0.717) is 13.0 Å². The lowest BCUT2D eigenvalue weighted by molar-refractivity contribution is -0.154. The number of carbonyl (C=O) groups excluding carboxylic acids is 2. The van der Waals surface area contributed by atoms with Crippen LogP contribution in [-0.4, -0.2) is 61.7 Å². The van der Waals surface area contributed by atoms with Crippen LogP contribution in [0.3, 0.4) is 0 Å². The Hall–Kier alpha value is -4.14. The zero-order valence-electron chi connectivity index (χ0n) is 26.6. The lowest BCUT2D eigenvalue weighted by atomic mass is 10.1. The van der Waals surface area contributed by atoms with Gasteiger partial charge in [0.15, 0.2) is 11.3 Å². The zero-order chi connectivity index (χ0) is 31.5. The Balaban J connectivity index is 0.000000236. The molecule has 0 radical (unpaired) electrons. The first-order valence-electron chi connectivity index (χ1n) is 14.9. The number of aryl methyl sites for hydroxylation is 2. The molecule has 4 aromatic rings. The summed E-state index contributed by atoms with van der Waals surface area (Å²) < 4.78 is 10.6. The summed E-state index contributed by atoms with van der Waals surface area (Å²) in [6.07, 6.45) is 7.90. The summed E-state index contributed by atoms with van der Waals surface area (Å²) in [5.41, 5.74) is 2.69. The quantitative estimate of drug-likeness (QED) is 0.151. The first-order valence-corrected chi connectivity index (χ1v) is 14.9. The van der Waals surface area contributed by atoms with Gasteiger partial charge in [0.05, 0.1) is 0 Å². The van der Waals surface area contributed by atoms with E-state index in [1.165, 1.54) is 0 Å². The summed E-state index contributed by atoms with van der Waals surface area (Å²) in [5, 5.41) is 2.09. The molecule has 4 heterocycles. The number of amides is 1. The molecule has 0 aliphatic rings. The predicted octanol–water partition coefficient (Wildman–Crippen LogP) is 7.11. The lowest BCUT2D eigenvalue weighted by Gasteiger charge is -2.24. The normalized spacial score (nSPS) is 11.5. The second-order valence-electron chi connectivity index (χ2n) is 12.5. The molecule has 43 heavy (non-hydrogen) atoms. The Kier molecular flexibility index (Phi) is 11.9. The molecule has 0 aromatic carbocycles. The standard InChI is InChI=1S/C17H23N3O2.C17H22N2O2/c1-17(2,3)22-16(21)20(4)12-6-8-14-10-9-13-7-5-11-18-15(13)19-14;1-17(2,3)21-15(20)9-5-4-8-14-11-10-13-7-6-12-18-16(13)19-14/h5,7,9-11H,6,8,12H2,1-4H3;6-7,10-12H,4-5,8-9H2,1-3H3. The fraction of sp³-hybridized carbons (Fsp3) is 0.471. The Morgan fingerprint density at radius 1 is 0.698 bits per heavy atom. The molecule has 9 nitrogen and oxygen atoms in total. The van der Waals surface area contributed by atoms with Gasteiger partial charge >= 0.3 is 12.1 Å². The number of carbonyl (C=O) groups is 2. The van der Waals surface area contributed by atoms with Gasteiger partial charge in [-0.15, -0.1) is 0 Å². The third kappa shape index (κ3) is 12.3. The summed E-state index contributed by atoms with van der Waals surface area (Å²) in [6.45, 7) is 11.9. The Morgan fingerprint density at radius 3 is 1.72 bits per heavy atom. The van der Waals surface area contributed by atoms with Crippen molar-refractivity contribution in [1.29, 1.82) is 0 Å². The van der Waals surface area contributed by atoms with Crippen molar-refractivity contribution in [3.63, 3.8) is 0 Å². The second kappa shape index (κ2) is 15.4. The highest BCUT2D eigenvalue weighted by molar-refractivity contribution is 5.75. The minimum atomic E-state index is -0.461. The summed E-state index contributed by atoms with van der Waals surface area (Å²) in [6, 6.07) is 15.9. The van der Waals surface area contributed by atoms with E-state index in [4.69, 9.17) is 9.47 Å². The van der Waals surface area contributed by atoms with E-state index in [-0.39, 0.29) is 12.1 Å². The zero-order valence-corrected chi connectivity index (χ0v) is 26.6. The fourth-order valence-corrected chi connectivity index (χ4v) is 4.16. The third-order valence-electron chi connectivity index (χ3n) is 6.16. The van der Waals surface area contributed by atoms with Crippen molar-refractivity contribution < 1.29 is 19.1 Å². The van der Waals surface area contributed by atoms with E-state index in [2.05, 4.69) is 19.9 Å². The minimum Gasteiger partial charge on any atom is -0.460 e. The van der Waals surface area contributed by atoms with Gasteiger partial charge in [-0.3, -0.25) is 4.79 Å². The van der Waals surface area contributed by atoms with Gasteiger partial charge in [-0.1, -0.05) is 0 Å². The van der Waals surface area contributed by atoms with E-state index in [1.54, 1.807) is 24.3 Å². The van der Waals surface area contributed by atoms with Crippen LogP contribution in [0.1, 0.15) is 78.6 Å². The maximum atomic E-state index is 11.9. The van der Waals surface area contributed by atoms with Crippen LogP contribution >= 0.6 is 0 Å². The predicted molar refractivity (Wildman–Crippen MR) is 170 cm³/mol. The molecule has 230 valence electrons. The van der Waals surface area contributed by atoms with Gasteiger partial charge in [-0.05, 0) is 122 Å². The van der Waals surface area contributed by atoms with Crippen molar-refractivity contribution in [2.75, 3.05) is 13.6 Å². The molecule has 0 aliphatic heterocycles. The van der Waals surface area contributed by atoms with Crippen LogP contribution < -0.4 is 0 Å². The molecule has 1 amide bonds. The topological polar surface area (TPSA) is 107 Å². The number of unbranched alkanes of at least 4 members (excludes halogenated alkanes) is 1. The van der Waals surface area contributed by atoms with E-state index in [1.807, 2.05) is 90.1 Å². The molecule has 0 atom stereocenters. The molecule has 4 rings (SSSR count). The number of aromatic nitrogens is 4. The van der Waals surface area contributed by atoms with E-state index in [9.17, 15) is 9.59 Å². The summed E-state index contributed by atoms with van der Waals surface area (Å²) >= 11 is 0. The van der Waals surface area contributed by atoms with Gasteiger partial charge in [-0.25, -0.2) is 24.7 Å². The van der Waals surface area contributed by atoms with Crippen LogP contribution in [0.15, 0.2) is 60.9 Å². The molecular weight excluding hydrogens is 542 g/mol.